The van der Waals surface area contributed by atoms with Crippen LogP contribution in [0.25, 0.3) is 0 Å². The minimum Gasteiger partial charge on any atom is -0.399 e. The van der Waals surface area contributed by atoms with Gasteiger partial charge >= 0.3 is 0 Å². The molecule has 0 saturated heterocycles. The van der Waals surface area contributed by atoms with Crippen molar-refractivity contribution in [1.82, 2.24) is 14.8 Å². The topological polar surface area (TPSA) is 56.7 Å². The minimum atomic E-state index is -1.50. The van der Waals surface area contributed by atoms with Crippen molar-refractivity contribution in [2.45, 2.75) is 19.0 Å². The maximum Gasteiger partial charge on any atom is 0.140 e. The van der Waals surface area contributed by atoms with Gasteiger partial charge in [-0.05, 0) is 24.6 Å². The number of hydrogen-bond acceptors (Lipinski definition) is 3. The highest BCUT2D eigenvalue weighted by atomic mass is 19.1. The Morgan fingerprint density at radius 2 is 2.24 bits per heavy atom. The van der Waals surface area contributed by atoms with Crippen LogP contribution in [-0.4, -0.2) is 14.8 Å². The Morgan fingerprint density at radius 1 is 1.47 bits per heavy atom. The highest BCUT2D eigenvalue weighted by Gasteiger charge is 2.28. The van der Waals surface area contributed by atoms with Crippen molar-refractivity contribution in [1.29, 1.82) is 0 Å². The average molecular weight is 234 g/mol. The number of anilines is 1. The van der Waals surface area contributed by atoms with Crippen molar-refractivity contribution in [3.63, 3.8) is 0 Å². The third kappa shape index (κ3) is 2.43. The molecule has 0 aliphatic rings. The molecule has 0 spiro atoms. The predicted octanol–water partition coefficient (Wildman–Crippen LogP) is 1.82. The molecule has 0 aliphatic heterocycles. The monoisotopic (exact) mass is 234 g/mol. The first-order chi connectivity index (χ1) is 7.99. The Morgan fingerprint density at radius 3 is 2.82 bits per heavy atom. The Labute approximate surface area is 99.3 Å². The molecule has 0 aliphatic carbocycles. The highest BCUT2D eigenvalue weighted by molar-refractivity contribution is 5.42. The molecule has 4 nitrogen and oxygen atoms in total. The number of aryl methyl sites for hydroxylation is 1. The molecule has 0 radical (unpaired) electrons. The number of nitrogens with two attached hydrogens (primary N) is 1. The van der Waals surface area contributed by atoms with Gasteiger partial charge in [-0.3, -0.25) is 0 Å². The number of alkyl halides is 1. The van der Waals surface area contributed by atoms with Crippen molar-refractivity contribution in [3.05, 3.63) is 42.0 Å². The molecule has 90 valence electrons. The van der Waals surface area contributed by atoms with E-state index >= 15 is 0 Å². The van der Waals surface area contributed by atoms with Crippen LogP contribution in [0.5, 0.6) is 0 Å². The first-order valence-corrected chi connectivity index (χ1v) is 5.37. The van der Waals surface area contributed by atoms with Gasteiger partial charge in [-0.15, -0.1) is 10.2 Å². The van der Waals surface area contributed by atoms with Gasteiger partial charge in [-0.2, -0.15) is 0 Å². The summed E-state index contributed by atoms with van der Waals surface area (Å²) in [7, 11) is 1.80. The largest absolute Gasteiger partial charge is 0.399 e. The zero-order valence-corrected chi connectivity index (χ0v) is 9.89. The number of nitrogen functional groups attached to an aromatic ring is 1. The second kappa shape index (κ2) is 4.16. The highest BCUT2D eigenvalue weighted by Crippen LogP contribution is 2.29. The lowest BCUT2D eigenvalue weighted by atomic mass is 9.93. The Bertz CT molecular complexity index is 519. The van der Waals surface area contributed by atoms with E-state index in [0.29, 0.717) is 17.1 Å². The lowest BCUT2D eigenvalue weighted by Crippen LogP contribution is -2.21. The number of aromatic nitrogens is 3. The van der Waals surface area contributed by atoms with Gasteiger partial charge < -0.3 is 10.3 Å². The summed E-state index contributed by atoms with van der Waals surface area (Å²) in [5.74, 6) is 0.609. The van der Waals surface area contributed by atoms with Gasteiger partial charge in [0.15, 0.2) is 0 Å². The lowest BCUT2D eigenvalue weighted by Gasteiger charge is -2.20. The average Bonchev–Trinajstić information content (AvgIpc) is 2.64. The van der Waals surface area contributed by atoms with Crippen LogP contribution in [0.3, 0.4) is 0 Å². The molecule has 5 heteroatoms. The Kier molecular flexibility index (Phi) is 2.83. The number of rotatable bonds is 3. The van der Waals surface area contributed by atoms with E-state index in [9.17, 15) is 4.39 Å². The van der Waals surface area contributed by atoms with E-state index in [1.54, 1.807) is 42.2 Å². The fourth-order valence-electron chi connectivity index (χ4n) is 1.73. The van der Waals surface area contributed by atoms with E-state index in [1.165, 1.54) is 6.92 Å². The first-order valence-electron chi connectivity index (χ1n) is 5.37. The Balaban J connectivity index is 2.27. The second-order valence-corrected chi connectivity index (χ2v) is 4.36. The molecule has 0 fully saturated rings. The minimum absolute atomic E-state index is 0.174. The van der Waals surface area contributed by atoms with E-state index < -0.39 is 5.67 Å². The molecule has 0 bridgehead atoms. The van der Waals surface area contributed by atoms with Crippen LogP contribution < -0.4 is 5.73 Å². The summed E-state index contributed by atoms with van der Waals surface area (Å²) >= 11 is 0. The van der Waals surface area contributed by atoms with Gasteiger partial charge in [0.25, 0.3) is 0 Å². The van der Waals surface area contributed by atoms with Gasteiger partial charge in [0.2, 0.25) is 0 Å². The normalized spacial score (nSPS) is 14.5. The maximum absolute atomic E-state index is 14.6. The molecular weight excluding hydrogens is 219 g/mol. The van der Waals surface area contributed by atoms with E-state index in [2.05, 4.69) is 10.2 Å². The number of benzene rings is 1. The lowest BCUT2D eigenvalue weighted by molar-refractivity contribution is 0.187. The number of hydrogen-bond donors (Lipinski definition) is 1. The van der Waals surface area contributed by atoms with Crippen LogP contribution in [0, 0.1) is 0 Å². The smallest absolute Gasteiger partial charge is 0.140 e. The van der Waals surface area contributed by atoms with Crippen molar-refractivity contribution >= 4 is 5.69 Å². The van der Waals surface area contributed by atoms with Gasteiger partial charge in [0, 0.05) is 19.2 Å². The molecule has 0 saturated carbocycles. The standard InChI is InChI=1S/C12H15FN4/c1-12(13,7-11-16-15-8-17(11)2)9-4-3-5-10(14)6-9/h3-6,8H,7,14H2,1-2H3/t12-/m0/s1. The fourth-order valence-corrected chi connectivity index (χ4v) is 1.73. The molecule has 2 N–H and O–H groups in total. The molecule has 2 aromatic rings. The van der Waals surface area contributed by atoms with Crippen molar-refractivity contribution < 1.29 is 4.39 Å². The molecule has 17 heavy (non-hydrogen) atoms. The van der Waals surface area contributed by atoms with Crippen molar-refractivity contribution in [2.75, 3.05) is 5.73 Å². The van der Waals surface area contributed by atoms with Crippen molar-refractivity contribution in [2.24, 2.45) is 7.05 Å². The van der Waals surface area contributed by atoms with Gasteiger partial charge in [-0.1, -0.05) is 12.1 Å². The third-order valence-electron chi connectivity index (χ3n) is 2.78. The molecule has 1 heterocycles. The second-order valence-electron chi connectivity index (χ2n) is 4.36. The summed E-state index contributed by atoms with van der Waals surface area (Å²) in [5, 5.41) is 7.63. The quantitative estimate of drug-likeness (QED) is 0.824. The molecule has 1 atom stereocenters. The third-order valence-corrected chi connectivity index (χ3v) is 2.78. The van der Waals surface area contributed by atoms with Crippen LogP contribution in [0.1, 0.15) is 18.3 Å². The summed E-state index contributed by atoms with van der Waals surface area (Å²) in [6, 6.07) is 6.87. The molecular formula is C12H15FN4. The molecule has 0 unspecified atom stereocenters. The number of nitrogens with zero attached hydrogens (tertiary/aromatic N) is 3. The molecule has 1 aromatic carbocycles. The predicted molar refractivity (Wildman–Crippen MR) is 64.0 cm³/mol. The van der Waals surface area contributed by atoms with Crippen LogP contribution in [0.2, 0.25) is 0 Å². The fraction of sp³-hybridized carbons (Fsp3) is 0.333. The zero-order valence-electron chi connectivity index (χ0n) is 9.89. The van der Waals surface area contributed by atoms with Crippen molar-refractivity contribution in [3.8, 4) is 0 Å². The Hall–Kier alpha value is -1.91. The van der Waals surface area contributed by atoms with Crippen LogP contribution >= 0.6 is 0 Å². The summed E-state index contributed by atoms with van der Waals surface area (Å²) in [6.07, 6.45) is 1.73. The summed E-state index contributed by atoms with van der Waals surface area (Å²) in [4.78, 5) is 0. The summed E-state index contributed by atoms with van der Waals surface area (Å²) in [6.45, 7) is 1.52. The first kappa shape index (κ1) is 11.6. The van der Waals surface area contributed by atoms with Crippen LogP contribution in [-0.2, 0) is 19.1 Å². The van der Waals surface area contributed by atoms with E-state index in [0.717, 1.165) is 0 Å². The van der Waals surface area contributed by atoms with E-state index in [-0.39, 0.29) is 6.42 Å². The van der Waals surface area contributed by atoms with Gasteiger partial charge in [-0.25, -0.2) is 4.39 Å². The molecule has 0 amide bonds. The van der Waals surface area contributed by atoms with Crippen LogP contribution in [0.4, 0.5) is 10.1 Å². The molecule has 2 rings (SSSR count). The van der Waals surface area contributed by atoms with E-state index in [1.807, 2.05) is 0 Å². The number of halogens is 1. The van der Waals surface area contributed by atoms with E-state index in [4.69, 9.17) is 5.73 Å². The SMILES string of the molecule is Cn1cnnc1C[C@](C)(F)c1cccc(N)c1. The maximum atomic E-state index is 14.6. The van der Waals surface area contributed by atoms with Gasteiger partial charge in [0.05, 0.1) is 0 Å². The molecule has 1 aromatic heterocycles. The van der Waals surface area contributed by atoms with Crippen LogP contribution in [0.15, 0.2) is 30.6 Å². The van der Waals surface area contributed by atoms with Gasteiger partial charge in [0.1, 0.15) is 17.8 Å². The summed E-state index contributed by atoms with van der Waals surface area (Å²) < 4.78 is 16.3. The summed E-state index contributed by atoms with van der Waals surface area (Å²) in [5.41, 5.74) is 5.27. The zero-order chi connectivity index (χ0) is 12.5.